The van der Waals surface area contributed by atoms with Crippen LogP contribution in [0, 0.1) is 0 Å². The van der Waals surface area contributed by atoms with E-state index in [1.54, 1.807) is 0 Å². The first-order chi connectivity index (χ1) is 23.4. The van der Waals surface area contributed by atoms with E-state index in [4.69, 9.17) is 9.98 Å². The van der Waals surface area contributed by atoms with Crippen LogP contribution in [0.1, 0.15) is 139 Å². The summed E-state index contributed by atoms with van der Waals surface area (Å²) in [6.07, 6.45) is 7.81. The zero-order valence-corrected chi connectivity index (χ0v) is 35.5. The van der Waals surface area contributed by atoms with Crippen molar-refractivity contribution in [2.24, 2.45) is 9.98 Å². The second-order valence-electron chi connectivity index (χ2n) is 17.4. The molecule has 4 aromatic carbocycles. The van der Waals surface area contributed by atoms with Gasteiger partial charge in [0.1, 0.15) is 11.5 Å². The molecule has 5 rings (SSSR count). The number of aromatic hydroxyl groups is 2. The van der Waals surface area contributed by atoms with Crippen LogP contribution in [0.3, 0.4) is 0 Å². The van der Waals surface area contributed by atoms with E-state index in [2.05, 4.69) is 142 Å². The van der Waals surface area contributed by atoms with Crippen LogP contribution in [0.4, 0.5) is 0 Å². The van der Waals surface area contributed by atoms with E-state index < -0.39 is 10.8 Å². The molecule has 0 aliphatic heterocycles. The molecule has 0 spiro atoms. The minimum Gasteiger partial charge on any atom is -1.00 e. The Hall–Kier alpha value is -3.18. The van der Waals surface area contributed by atoms with Crippen molar-refractivity contribution in [2.45, 2.75) is 129 Å². The number of halogens is 1. The largest absolute Gasteiger partial charge is 1.00 e. The number of phenolic OH excluding ortho intramolecular Hbond substituents is 2. The molecule has 279 valence electrons. The van der Waals surface area contributed by atoms with Gasteiger partial charge in [-0.05, 0) is 58.1 Å². The fraction of sp³-hybridized carbons (Fsp3) is 0.435. The van der Waals surface area contributed by atoms with Gasteiger partial charge >= 0.3 is 0 Å². The standard InChI is InChI=1S/C46H58N2O2.BrH.Mn/c1-43(2,3)35-25-31(41(49)37(27-35)45(7,8)33-19-13-11-14-20-33)29-47-39-23-17-18-24-40(39)48-30-32-26-36(44(4,5)6)28-38(42(32)50)46(9,10)34-21-15-12-16-22-34;;/h11-16,19-22,25-30,39-40,49-50H,17-18,23-24H2,1-10H3;1H;/p-1/t39-,40-;;/m1../s1. The second kappa shape index (κ2) is 16.9. The summed E-state index contributed by atoms with van der Waals surface area (Å²) in [6.45, 7) is 22.0. The molecule has 1 aliphatic rings. The van der Waals surface area contributed by atoms with Gasteiger partial charge in [0.15, 0.2) is 0 Å². The molecular formula is C46H58BrMnN2O2-. The Morgan fingerprint density at radius 1 is 0.519 bits per heavy atom. The number of hydrogen-bond donors (Lipinski definition) is 2. The van der Waals surface area contributed by atoms with Crippen LogP contribution in [-0.4, -0.2) is 34.7 Å². The molecule has 2 N–H and O–H groups in total. The van der Waals surface area contributed by atoms with Crippen molar-refractivity contribution < 1.29 is 44.3 Å². The predicted octanol–water partition coefficient (Wildman–Crippen LogP) is 8.20. The minimum atomic E-state index is -0.398. The molecule has 2 atom stereocenters. The summed E-state index contributed by atoms with van der Waals surface area (Å²) < 4.78 is 0. The van der Waals surface area contributed by atoms with Gasteiger partial charge in [-0.25, -0.2) is 0 Å². The summed E-state index contributed by atoms with van der Waals surface area (Å²) in [5, 5.41) is 23.5. The van der Waals surface area contributed by atoms with Crippen LogP contribution in [0.15, 0.2) is 94.9 Å². The third-order valence-corrected chi connectivity index (χ3v) is 10.9. The first kappa shape index (κ1) is 43.2. The van der Waals surface area contributed by atoms with Gasteiger partial charge in [0.25, 0.3) is 0 Å². The van der Waals surface area contributed by atoms with E-state index in [0.717, 1.165) is 70.2 Å². The van der Waals surface area contributed by atoms with Gasteiger partial charge in [0, 0.05) is 62.6 Å². The number of hydrogen-bond acceptors (Lipinski definition) is 4. The van der Waals surface area contributed by atoms with Crippen LogP contribution < -0.4 is 17.0 Å². The summed E-state index contributed by atoms with van der Waals surface area (Å²) in [6, 6.07) is 29.3. The van der Waals surface area contributed by atoms with E-state index in [-0.39, 0.29) is 68.5 Å². The van der Waals surface area contributed by atoms with E-state index in [1.807, 2.05) is 24.6 Å². The molecule has 1 aliphatic carbocycles. The van der Waals surface area contributed by atoms with Crippen LogP contribution in [0.5, 0.6) is 11.5 Å². The summed E-state index contributed by atoms with van der Waals surface area (Å²) in [7, 11) is 0. The van der Waals surface area contributed by atoms with Gasteiger partial charge in [0.05, 0.1) is 12.1 Å². The Labute approximate surface area is 334 Å². The van der Waals surface area contributed by atoms with Crippen molar-refractivity contribution >= 4 is 12.4 Å². The van der Waals surface area contributed by atoms with Crippen LogP contribution in [0.2, 0.25) is 0 Å². The molecule has 6 heteroatoms. The van der Waals surface area contributed by atoms with Crippen molar-refractivity contribution in [3.05, 3.63) is 129 Å². The molecule has 0 aromatic heterocycles. The van der Waals surface area contributed by atoms with Gasteiger partial charge < -0.3 is 27.2 Å². The Kier molecular flexibility index (Phi) is 14.0. The zero-order valence-electron chi connectivity index (χ0n) is 32.8. The molecule has 1 fully saturated rings. The van der Waals surface area contributed by atoms with Crippen molar-refractivity contribution in [3.63, 3.8) is 0 Å². The second-order valence-corrected chi connectivity index (χ2v) is 17.4. The Morgan fingerprint density at radius 2 is 0.846 bits per heavy atom. The number of phenols is 2. The van der Waals surface area contributed by atoms with Crippen molar-refractivity contribution in [3.8, 4) is 11.5 Å². The number of benzene rings is 4. The molecule has 4 aromatic rings. The first-order valence-electron chi connectivity index (χ1n) is 18.3. The maximum atomic E-state index is 11.8. The SMILES string of the molecule is CC(C)(C)c1cc(C=N[C@@H]2CCCC[C@H]2N=Cc2cc(C(C)(C)C)cc(C(C)(C)c3ccccc3)c2O)c(O)c(C(C)(C)c2ccccc2)c1.[Br-].[Mn]. The zero-order chi connectivity index (χ0) is 36.5. The minimum absolute atomic E-state index is 0. The molecule has 0 heterocycles. The average molecular weight is 806 g/mol. The van der Waals surface area contributed by atoms with Crippen molar-refractivity contribution in [1.29, 1.82) is 0 Å². The van der Waals surface area contributed by atoms with Crippen LogP contribution in [0.25, 0.3) is 0 Å². The third kappa shape index (κ3) is 9.48. The fourth-order valence-corrected chi connectivity index (χ4v) is 7.14. The van der Waals surface area contributed by atoms with E-state index in [0.29, 0.717) is 0 Å². The van der Waals surface area contributed by atoms with Crippen LogP contribution in [-0.2, 0) is 38.7 Å². The van der Waals surface area contributed by atoms with Crippen LogP contribution >= 0.6 is 0 Å². The maximum absolute atomic E-state index is 11.8. The topological polar surface area (TPSA) is 65.2 Å². The smallest absolute Gasteiger partial charge is 0.128 e. The molecule has 4 nitrogen and oxygen atoms in total. The van der Waals surface area contributed by atoms with Gasteiger partial charge in [-0.2, -0.15) is 0 Å². The van der Waals surface area contributed by atoms with Gasteiger partial charge in [-0.15, -0.1) is 0 Å². The van der Waals surface area contributed by atoms with Crippen molar-refractivity contribution in [1.82, 2.24) is 0 Å². The molecule has 0 unspecified atom stereocenters. The molecular weight excluding hydrogens is 747 g/mol. The first-order valence-corrected chi connectivity index (χ1v) is 18.3. The van der Waals surface area contributed by atoms with E-state index in [1.165, 1.54) is 0 Å². The maximum Gasteiger partial charge on any atom is 0.128 e. The average Bonchev–Trinajstić information content (AvgIpc) is 3.07. The van der Waals surface area contributed by atoms with E-state index >= 15 is 0 Å². The summed E-state index contributed by atoms with van der Waals surface area (Å²) in [5.74, 6) is 0.563. The Balaban J connectivity index is 0.00000364. The number of rotatable bonds is 8. The predicted molar refractivity (Wildman–Crippen MR) is 212 cm³/mol. The van der Waals surface area contributed by atoms with Gasteiger partial charge in [-0.3, -0.25) is 9.98 Å². The fourth-order valence-electron chi connectivity index (χ4n) is 7.14. The Morgan fingerprint density at radius 3 is 1.15 bits per heavy atom. The molecule has 52 heavy (non-hydrogen) atoms. The third-order valence-electron chi connectivity index (χ3n) is 10.9. The number of aliphatic imine (C=N–C) groups is 2. The van der Waals surface area contributed by atoms with Crippen molar-refractivity contribution in [2.75, 3.05) is 0 Å². The molecule has 1 radical (unpaired) electrons. The molecule has 0 amide bonds. The molecule has 0 bridgehead atoms. The molecule has 1 saturated carbocycles. The summed E-state index contributed by atoms with van der Waals surface area (Å²) in [4.78, 5) is 10.3. The van der Waals surface area contributed by atoms with E-state index in [9.17, 15) is 10.2 Å². The van der Waals surface area contributed by atoms with Gasteiger partial charge in [-0.1, -0.05) is 155 Å². The Bertz CT molecular complexity index is 1710. The molecule has 0 saturated heterocycles. The van der Waals surface area contributed by atoms with Gasteiger partial charge in [0.2, 0.25) is 0 Å². The number of nitrogens with zero attached hydrogens (tertiary/aromatic N) is 2. The quantitative estimate of drug-likeness (QED) is 0.140. The summed E-state index contributed by atoms with van der Waals surface area (Å²) >= 11 is 0. The normalized spacial score (nSPS) is 17.2. The monoisotopic (exact) mass is 804 g/mol. The summed E-state index contributed by atoms with van der Waals surface area (Å²) in [5.41, 5.74) is 6.92.